The van der Waals surface area contributed by atoms with Crippen molar-refractivity contribution in [3.05, 3.63) is 41.4 Å². The summed E-state index contributed by atoms with van der Waals surface area (Å²) < 4.78 is 5.40. The number of hydrogen-bond donors (Lipinski definition) is 0. The standard InChI is InChI=1S/C24H35ClN2O2/c1-26(24(28)29-23-13-11-22(25)12-14-23)19-15-21-9-7-20(8-10-21)6-5-18-27-16-3-2-4-17-27/h5-6,11-14,20-21H,2-4,7-10,15-19H2,1H3/t20-,21-. The van der Waals surface area contributed by atoms with Gasteiger partial charge in [-0.15, -0.1) is 0 Å². The molecule has 0 unspecified atom stereocenters. The predicted molar refractivity (Wildman–Crippen MR) is 120 cm³/mol. The van der Waals surface area contributed by atoms with E-state index in [4.69, 9.17) is 16.3 Å². The number of rotatable bonds is 7. The first-order valence-corrected chi connectivity index (χ1v) is 11.6. The van der Waals surface area contributed by atoms with Gasteiger partial charge in [-0.05, 0) is 94.1 Å². The van der Waals surface area contributed by atoms with Crippen LogP contribution in [0.1, 0.15) is 51.4 Å². The molecule has 0 bridgehead atoms. The molecule has 0 atom stereocenters. The van der Waals surface area contributed by atoms with E-state index in [0.29, 0.717) is 16.7 Å². The van der Waals surface area contributed by atoms with Gasteiger partial charge in [0.1, 0.15) is 5.75 Å². The maximum atomic E-state index is 12.2. The molecule has 5 heteroatoms. The van der Waals surface area contributed by atoms with Crippen molar-refractivity contribution in [2.24, 2.45) is 11.8 Å². The summed E-state index contributed by atoms with van der Waals surface area (Å²) in [7, 11) is 1.81. The molecule has 0 radical (unpaired) electrons. The molecule has 2 fully saturated rings. The molecule has 3 rings (SSSR count). The molecule has 1 aliphatic carbocycles. The van der Waals surface area contributed by atoms with Crippen molar-refractivity contribution in [1.82, 2.24) is 9.80 Å². The molecular weight excluding hydrogens is 384 g/mol. The number of nitrogens with zero attached hydrogens (tertiary/aromatic N) is 2. The van der Waals surface area contributed by atoms with Gasteiger partial charge in [0.15, 0.2) is 0 Å². The highest BCUT2D eigenvalue weighted by molar-refractivity contribution is 6.30. The smallest absolute Gasteiger partial charge is 0.410 e. The lowest BCUT2D eigenvalue weighted by Gasteiger charge is -2.28. The molecule has 29 heavy (non-hydrogen) atoms. The van der Waals surface area contributed by atoms with Gasteiger partial charge < -0.3 is 9.64 Å². The van der Waals surface area contributed by atoms with Crippen molar-refractivity contribution in [2.45, 2.75) is 51.4 Å². The normalized spacial score (nSPS) is 23.2. The Morgan fingerprint density at radius 3 is 2.52 bits per heavy atom. The third-order valence-corrected chi connectivity index (χ3v) is 6.57. The van der Waals surface area contributed by atoms with Gasteiger partial charge in [-0.1, -0.05) is 30.2 Å². The molecule has 1 heterocycles. The molecule has 1 aromatic carbocycles. The van der Waals surface area contributed by atoms with Gasteiger partial charge in [0.2, 0.25) is 0 Å². The molecule has 0 aromatic heterocycles. The van der Waals surface area contributed by atoms with Gasteiger partial charge in [0, 0.05) is 25.2 Å². The second-order valence-electron chi connectivity index (χ2n) is 8.60. The number of ether oxygens (including phenoxy) is 1. The highest BCUT2D eigenvalue weighted by Gasteiger charge is 2.21. The summed E-state index contributed by atoms with van der Waals surface area (Å²) in [6.45, 7) is 4.41. The second kappa shape index (κ2) is 11.6. The van der Waals surface area contributed by atoms with E-state index < -0.39 is 0 Å². The topological polar surface area (TPSA) is 32.8 Å². The Kier molecular flexibility index (Phi) is 8.88. The van der Waals surface area contributed by atoms with Gasteiger partial charge in [-0.3, -0.25) is 4.90 Å². The zero-order valence-corrected chi connectivity index (χ0v) is 18.4. The fraction of sp³-hybridized carbons (Fsp3) is 0.625. The minimum absolute atomic E-state index is 0.304. The number of carbonyl (C=O) groups excluding carboxylic acids is 1. The van der Waals surface area contributed by atoms with Crippen LogP contribution >= 0.6 is 11.6 Å². The number of likely N-dealkylation sites (tertiary alicyclic amines) is 1. The van der Waals surface area contributed by atoms with E-state index in [9.17, 15) is 4.79 Å². The van der Waals surface area contributed by atoms with E-state index >= 15 is 0 Å². The van der Waals surface area contributed by atoms with E-state index in [1.165, 1.54) is 58.0 Å². The molecule has 1 saturated heterocycles. The lowest BCUT2D eigenvalue weighted by molar-refractivity contribution is 0.157. The molecule has 4 nitrogen and oxygen atoms in total. The fourth-order valence-corrected chi connectivity index (χ4v) is 4.49. The molecular formula is C24H35ClN2O2. The lowest BCUT2D eigenvalue weighted by atomic mass is 9.80. The van der Waals surface area contributed by atoms with Crippen molar-refractivity contribution in [3.8, 4) is 5.75 Å². The van der Waals surface area contributed by atoms with E-state index in [2.05, 4.69) is 17.1 Å². The molecule has 1 amide bonds. The number of hydrogen-bond acceptors (Lipinski definition) is 3. The van der Waals surface area contributed by atoms with Crippen LogP contribution in [-0.4, -0.2) is 49.1 Å². The summed E-state index contributed by atoms with van der Waals surface area (Å²) in [5.41, 5.74) is 0. The summed E-state index contributed by atoms with van der Waals surface area (Å²) in [6.07, 6.45) is 14.8. The molecule has 0 N–H and O–H groups in total. The highest BCUT2D eigenvalue weighted by Crippen LogP contribution is 2.31. The average Bonchev–Trinajstić information content (AvgIpc) is 2.75. The molecule has 1 aromatic rings. The Bertz CT molecular complexity index is 647. The van der Waals surface area contributed by atoms with Crippen LogP contribution < -0.4 is 4.74 Å². The molecule has 2 aliphatic rings. The summed E-state index contributed by atoms with van der Waals surface area (Å²) in [4.78, 5) is 16.5. The van der Waals surface area contributed by atoms with Crippen LogP contribution in [0.25, 0.3) is 0 Å². The highest BCUT2D eigenvalue weighted by atomic mass is 35.5. The Hall–Kier alpha value is -1.52. The Labute approximate surface area is 180 Å². The number of benzene rings is 1. The van der Waals surface area contributed by atoms with Crippen LogP contribution in [0.4, 0.5) is 4.79 Å². The second-order valence-corrected chi connectivity index (χ2v) is 9.04. The first-order valence-electron chi connectivity index (χ1n) is 11.2. The van der Waals surface area contributed by atoms with Crippen LogP contribution in [0.15, 0.2) is 36.4 Å². The summed E-state index contributed by atoms with van der Waals surface area (Å²) in [5, 5.41) is 0.634. The SMILES string of the molecule is CN(CC[C@H]1CC[C@H](C=CCN2CCCCC2)CC1)C(=O)Oc1ccc(Cl)cc1. The van der Waals surface area contributed by atoms with Crippen molar-refractivity contribution in [1.29, 1.82) is 0 Å². The van der Waals surface area contributed by atoms with Gasteiger partial charge in [-0.25, -0.2) is 4.79 Å². The number of piperidine rings is 1. The van der Waals surface area contributed by atoms with E-state index in [0.717, 1.165) is 25.4 Å². The van der Waals surface area contributed by atoms with Crippen LogP contribution in [-0.2, 0) is 0 Å². The zero-order valence-electron chi connectivity index (χ0n) is 17.7. The summed E-state index contributed by atoms with van der Waals surface area (Å²) >= 11 is 5.86. The maximum Gasteiger partial charge on any atom is 0.414 e. The quantitative estimate of drug-likeness (QED) is 0.508. The van der Waals surface area contributed by atoms with Crippen LogP contribution in [0.2, 0.25) is 5.02 Å². The minimum Gasteiger partial charge on any atom is -0.410 e. The lowest BCUT2D eigenvalue weighted by Crippen LogP contribution is -2.32. The number of carbonyl (C=O) groups is 1. The van der Waals surface area contributed by atoms with Crippen molar-refractivity contribution >= 4 is 17.7 Å². The maximum absolute atomic E-state index is 12.2. The Morgan fingerprint density at radius 2 is 1.83 bits per heavy atom. The van der Waals surface area contributed by atoms with E-state index in [-0.39, 0.29) is 6.09 Å². The number of amides is 1. The third kappa shape index (κ3) is 7.67. The third-order valence-electron chi connectivity index (χ3n) is 6.32. The number of allylic oxidation sites excluding steroid dienone is 1. The zero-order chi connectivity index (χ0) is 20.5. The Balaban J connectivity index is 1.30. The van der Waals surface area contributed by atoms with E-state index in [1.54, 1.807) is 29.2 Å². The largest absolute Gasteiger partial charge is 0.414 e. The number of halogens is 1. The summed E-state index contributed by atoms with van der Waals surface area (Å²) in [5.74, 6) is 1.99. The van der Waals surface area contributed by atoms with Crippen LogP contribution in [0, 0.1) is 11.8 Å². The Morgan fingerprint density at radius 1 is 1.14 bits per heavy atom. The van der Waals surface area contributed by atoms with Gasteiger partial charge in [0.05, 0.1) is 0 Å². The minimum atomic E-state index is -0.304. The van der Waals surface area contributed by atoms with Gasteiger partial charge >= 0.3 is 6.09 Å². The van der Waals surface area contributed by atoms with Gasteiger partial charge in [-0.2, -0.15) is 0 Å². The van der Waals surface area contributed by atoms with Crippen LogP contribution in [0.5, 0.6) is 5.75 Å². The van der Waals surface area contributed by atoms with Crippen molar-refractivity contribution in [2.75, 3.05) is 33.2 Å². The van der Waals surface area contributed by atoms with Crippen molar-refractivity contribution < 1.29 is 9.53 Å². The molecule has 0 spiro atoms. The summed E-state index contributed by atoms with van der Waals surface area (Å²) in [6, 6.07) is 6.88. The molecule has 1 aliphatic heterocycles. The fourth-order valence-electron chi connectivity index (χ4n) is 4.36. The van der Waals surface area contributed by atoms with Crippen molar-refractivity contribution in [3.63, 3.8) is 0 Å². The molecule has 160 valence electrons. The first kappa shape index (κ1) is 22.2. The predicted octanol–water partition coefficient (Wildman–Crippen LogP) is 6.01. The first-order chi connectivity index (χ1) is 14.1. The van der Waals surface area contributed by atoms with Crippen LogP contribution in [0.3, 0.4) is 0 Å². The van der Waals surface area contributed by atoms with E-state index in [1.807, 2.05) is 7.05 Å². The molecule has 1 saturated carbocycles. The monoisotopic (exact) mass is 418 g/mol. The van der Waals surface area contributed by atoms with Gasteiger partial charge in [0.25, 0.3) is 0 Å². The average molecular weight is 419 g/mol.